The number of nitrogens with one attached hydrogen (secondary N) is 1. The van der Waals surface area contributed by atoms with E-state index in [-0.39, 0.29) is 11.7 Å². The number of oxime groups is 1. The maximum atomic E-state index is 13.4. The van der Waals surface area contributed by atoms with Crippen LogP contribution in [0.5, 0.6) is 0 Å². The van der Waals surface area contributed by atoms with Gasteiger partial charge >= 0.3 is 0 Å². The molecule has 4 N–H and O–H groups in total. The molecule has 0 amide bonds. The van der Waals surface area contributed by atoms with E-state index in [1.165, 1.54) is 6.07 Å². The predicted molar refractivity (Wildman–Crippen MR) is 77.4 cm³/mol. The van der Waals surface area contributed by atoms with Crippen LogP contribution in [0, 0.1) is 12.7 Å². The molecular weight excluding hydrogens is 257 g/mol. The van der Waals surface area contributed by atoms with E-state index in [9.17, 15) is 4.39 Å². The second-order valence-corrected chi connectivity index (χ2v) is 4.45. The molecule has 0 atom stereocenters. The lowest BCUT2D eigenvalue weighted by Crippen LogP contribution is -2.13. The second-order valence-electron chi connectivity index (χ2n) is 4.45. The summed E-state index contributed by atoms with van der Waals surface area (Å²) in [6.45, 7) is 2.25. The van der Waals surface area contributed by atoms with Crippen LogP contribution in [0.4, 0.5) is 10.1 Å². The number of amidine groups is 1. The summed E-state index contributed by atoms with van der Waals surface area (Å²) in [5, 5.41) is 14.8. The van der Waals surface area contributed by atoms with Gasteiger partial charge in [0.15, 0.2) is 5.84 Å². The highest BCUT2D eigenvalue weighted by Gasteiger charge is 2.04. The Morgan fingerprint density at radius 3 is 2.80 bits per heavy atom. The van der Waals surface area contributed by atoms with Crippen LogP contribution in [0.2, 0.25) is 0 Å². The van der Waals surface area contributed by atoms with Crippen molar-refractivity contribution in [1.82, 2.24) is 0 Å². The van der Waals surface area contributed by atoms with Crippen LogP contribution in [0.1, 0.15) is 16.7 Å². The van der Waals surface area contributed by atoms with Gasteiger partial charge in [0.25, 0.3) is 0 Å². The Balaban J connectivity index is 2.13. The fourth-order valence-corrected chi connectivity index (χ4v) is 1.89. The molecule has 0 aliphatic heterocycles. The second kappa shape index (κ2) is 6.06. The van der Waals surface area contributed by atoms with E-state index in [2.05, 4.69) is 10.5 Å². The molecule has 5 heteroatoms. The summed E-state index contributed by atoms with van der Waals surface area (Å²) in [4.78, 5) is 0. The molecule has 2 aromatic rings. The number of rotatable bonds is 4. The number of hydrogen-bond donors (Lipinski definition) is 3. The lowest BCUT2D eigenvalue weighted by molar-refractivity contribution is 0.318. The van der Waals surface area contributed by atoms with E-state index < -0.39 is 0 Å². The molecule has 0 bridgehead atoms. The Bertz CT molecular complexity index is 641. The summed E-state index contributed by atoms with van der Waals surface area (Å²) in [6, 6.07) is 12.2. The highest BCUT2D eigenvalue weighted by molar-refractivity contribution is 5.97. The molecule has 0 aliphatic carbocycles. The molecule has 0 fully saturated rings. The van der Waals surface area contributed by atoms with Gasteiger partial charge in [-0.3, -0.25) is 0 Å². The minimum absolute atomic E-state index is 0.0637. The maximum Gasteiger partial charge on any atom is 0.170 e. The lowest BCUT2D eigenvalue weighted by atomic mass is 10.1. The van der Waals surface area contributed by atoms with E-state index in [0.717, 1.165) is 11.3 Å². The van der Waals surface area contributed by atoms with E-state index in [4.69, 9.17) is 10.9 Å². The van der Waals surface area contributed by atoms with Crippen LogP contribution >= 0.6 is 0 Å². The van der Waals surface area contributed by atoms with Crippen molar-refractivity contribution in [2.24, 2.45) is 10.9 Å². The molecule has 20 heavy (non-hydrogen) atoms. The minimum atomic E-state index is -0.236. The van der Waals surface area contributed by atoms with Gasteiger partial charge in [0.1, 0.15) is 5.82 Å². The van der Waals surface area contributed by atoms with Gasteiger partial charge in [-0.05, 0) is 30.7 Å². The summed E-state index contributed by atoms with van der Waals surface area (Å²) < 4.78 is 13.4. The largest absolute Gasteiger partial charge is 0.409 e. The number of hydrogen-bond acceptors (Lipinski definition) is 3. The molecule has 4 nitrogen and oxygen atoms in total. The van der Waals surface area contributed by atoms with E-state index >= 15 is 0 Å². The van der Waals surface area contributed by atoms with Crippen LogP contribution in [0.15, 0.2) is 47.6 Å². The average Bonchev–Trinajstić information content (AvgIpc) is 2.48. The Kier molecular flexibility index (Phi) is 4.20. The number of nitrogens with two attached hydrogens (primary N) is 1. The first kappa shape index (κ1) is 13.9. The third-order valence-electron chi connectivity index (χ3n) is 3.08. The Morgan fingerprint density at radius 1 is 1.30 bits per heavy atom. The van der Waals surface area contributed by atoms with Crippen LogP contribution in [0.3, 0.4) is 0 Å². The third kappa shape index (κ3) is 3.06. The van der Waals surface area contributed by atoms with Crippen molar-refractivity contribution in [1.29, 1.82) is 0 Å². The highest BCUT2D eigenvalue weighted by Crippen LogP contribution is 2.18. The van der Waals surface area contributed by atoms with Crippen LogP contribution in [0.25, 0.3) is 0 Å². The summed E-state index contributed by atoms with van der Waals surface area (Å²) in [5.41, 5.74) is 8.47. The van der Waals surface area contributed by atoms with Gasteiger partial charge in [-0.2, -0.15) is 0 Å². The summed E-state index contributed by atoms with van der Waals surface area (Å²) in [5.74, 6) is -0.172. The zero-order valence-corrected chi connectivity index (χ0v) is 11.1. The van der Waals surface area contributed by atoms with Crippen LogP contribution in [-0.2, 0) is 6.54 Å². The topological polar surface area (TPSA) is 70.6 Å². The van der Waals surface area contributed by atoms with Gasteiger partial charge < -0.3 is 16.3 Å². The monoisotopic (exact) mass is 273 g/mol. The van der Waals surface area contributed by atoms with Gasteiger partial charge in [0, 0.05) is 23.4 Å². The average molecular weight is 273 g/mol. The number of anilines is 1. The molecule has 0 radical (unpaired) electrons. The van der Waals surface area contributed by atoms with Crippen molar-refractivity contribution in [3.05, 3.63) is 65.0 Å². The van der Waals surface area contributed by atoms with E-state index in [1.54, 1.807) is 19.1 Å². The quantitative estimate of drug-likeness (QED) is 0.347. The molecule has 0 heterocycles. The number of nitrogens with zero attached hydrogens (tertiary/aromatic N) is 1. The van der Waals surface area contributed by atoms with Gasteiger partial charge in [0.05, 0.1) is 0 Å². The highest BCUT2D eigenvalue weighted by atomic mass is 19.1. The summed E-state index contributed by atoms with van der Waals surface area (Å²) in [7, 11) is 0. The molecule has 0 aliphatic rings. The Labute approximate surface area is 116 Å². The SMILES string of the molecule is Cc1c(F)cccc1NCc1cccc(C(N)=NO)c1. The van der Waals surface area contributed by atoms with E-state index in [0.29, 0.717) is 17.7 Å². The maximum absolute atomic E-state index is 13.4. The standard InChI is InChI=1S/C15H16FN3O/c1-10-13(16)6-3-7-14(10)18-9-11-4-2-5-12(8-11)15(17)19-20/h2-8,18,20H,9H2,1H3,(H2,17,19). The smallest absolute Gasteiger partial charge is 0.170 e. The zero-order valence-electron chi connectivity index (χ0n) is 11.1. The van der Waals surface area contributed by atoms with E-state index in [1.807, 2.05) is 24.3 Å². The Morgan fingerprint density at radius 2 is 2.05 bits per heavy atom. The predicted octanol–water partition coefficient (Wildman–Crippen LogP) is 2.84. The third-order valence-corrected chi connectivity index (χ3v) is 3.08. The molecule has 2 aromatic carbocycles. The summed E-state index contributed by atoms with van der Waals surface area (Å²) >= 11 is 0. The molecule has 2 rings (SSSR count). The minimum Gasteiger partial charge on any atom is -0.409 e. The van der Waals surface area contributed by atoms with Crippen molar-refractivity contribution in [2.45, 2.75) is 13.5 Å². The summed E-state index contributed by atoms with van der Waals surface area (Å²) in [6.07, 6.45) is 0. The molecular formula is C15H16FN3O. The fraction of sp³-hybridized carbons (Fsp3) is 0.133. The number of benzene rings is 2. The van der Waals surface area contributed by atoms with Gasteiger partial charge in [-0.25, -0.2) is 4.39 Å². The molecule has 0 spiro atoms. The van der Waals surface area contributed by atoms with Gasteiger partial charge in [0.2, 0.25) is 0 Å². The molecule has 104 valence electrons. The molecule has 0 saturated heterocycles. The van der Waals surface area contributed by atoms with Crippen molar-refractivity contribution in [2.75, 3.05) is 5.32 Å². The van der Waals surface area contributed by atoms with Gasteiger partial charge in [-0.1, -0.05) is 29.4 Å². The number of halogens is 1. The zero-order chi connectivity index (χ0) is 14.5. The molecule has 0 saturated carbocycles. The lowest BCUT2D eigenvalue weighted by Gasteiger charge is -2.10. The van der Waals surface area contributed by atoms with Crippen molar-refractivity contribution >= 4 is 11.5 Å². The Hall–Kier alpha value is -2.56. The molecule has 0 unspecified atom stereocenters. The molecule has 0 aromatic heterocycles. The van der Waals surface area contributed by atoms with Crippen molar-refractivity contribution < 1.29 is 9.60 Å². The normalized spacial score (nSPS) is 11.4. The first-order valence-corrected chi connectivity index (χ1v) is 6.17. The first-order chi connectivity index (χ1) is 9.61. The van der Waals surface area contributed by atoms with Crippen LogP contribution in [-0.4, -0.2) is 11.0 Å². The van der Waals surface area contributed by atoms with Crippen LogP contribution < -0.4 is 11.1 Å². The van der Waals surface area contributed by atoms with Crippen molar-refractivity contribution in [3.63, 3.8) is 0 Å². The fourth-order valence-electron chi connectivity index (χ4n) is 1.89. The van der Waals surface area contributed by atoms with Gasteiger partial charge in [-0.15, -0.1) is 0 Å². The van der Waals surface area contributed by atoms with Crippen molar-refractivity contribution in [3.8, 4) is 0 Å². The first-order valence-electron chi connectivity index (χ1n) is 6.17.